The number of nitrogens with one attached hydrogen (secondary N) is 1. The van der Waals surface area contributed by atoms with Crippen molar-refractivity contribution in [3.8, 4) is 5.75 Å². The number of ether oxygens (including phenoxy) is 1. The number of carbonyl (C=O) groups excluding carboxylic acids is 2. The summed E-state index contributed by atoms with van der Waals surface area (Å²) in [7, 11) is 1.62. The first kappa shape index (κ1) is 23.7. The molecule has 6 heteroatoms. The van der Waals surface area contributed by atoms with E-state index in [2.05, 4.69) is 17.4 Å². The summed E-state index contributed by atoms with van der Waals surface area (Å²) in [5.41, 5.74) is 2.67. The molecule has 6 nitrogen and oxygen atoms in total. The molecule has 0 aliphatic carbocycles. The predicted octanol–water partition coefficient (Wildman–Crippen LogP) is 4.81. The van der Waals surface area contributed by atoms with Gasteiger partial charge in [-0.25, -0.2) is 0 Å². The van der Waals surface area contributed by atoms with Crippen molar-refractivity contribution in [1.29, 1.82) is 0 Å². The second-order valence-electron chi connectivity index (χ2n) is 9.49. The molecule has 0 radical (unpaired) electrons. The highest BCUT2D eigenvalue weighted by atomic mass is 16.5. The number of fused-ring (bicyclic) bond motifs is 3. The van der Waals surface area contributed by atoms with Crippen LogP contribution in [0.4, 0.5) is 0 Å². The summed E-state index contributed by atoms with van der Waals surface area (Å²) >= 11 is 0. The van der Waals surface area contributed by atoms with E-state index >= 15 is 0 Å². The molecule has 0 fully saturated rings. The van der Waals surface area contributed by atoms with E-state index in [4.69, 9.17) is 4.74 Å². The number of aromatic nitrogens is 1. The van der Waals surface area contributed by atoms with E-state index in [1.165, 1.54) is 5.56 Å². The lowest BCUT2D eigenvalue weighted by atomic mass is 9.93. The predicted molar refractivity (Wildman–Crippen MR) is 141 cm³/mol. The molecule has 1 aliphatic heterocycles. The summed E-state index contributed by atoms with van der Waals surface area (Å²) in [6.07, 6.45) is 1.61. The number of benzene rings is 3. The smallest absolute Gasteiger partial charge is 0.271 e. The number of rotatable bonds is 8. The molecule has 3 aromatic carbocycles. The SMILES string of the molecule is COc1ccccc1CNC(=O)C1(C)Cn2c(cc3ccccc32)C(=O)N1CCCc1ccccc1. The van der Waals surface area contributed by atoms with Crippen LogP contribution < -0.4 is 10.1 Å². The molecule has 1 N–H and O–H groups in total. The van der Waals surface area contributed by atoms with Crippen molar-refractivity contribution < 1.29 is 14.3 Å². The zero-order valence-electron chi connectivity index (χ0n) is 20.7. The Bertz CT molecular complexity index is 1400. The van der Waals surface area contributed by atoms with Crippen molar-refractivity contribution in [2.45, 2.75) is 38.4 Å². The first-order valence-corrected chi connectivity index (χ1v) is 12.4. The quantitative estimate of drug-likeness (QED) is 0.393. The van der Waals surface area contributed by atoms with Crippen LogP contribution >= 0.6 is 0 Å². The summed E-state index contributed by atoms with van der Waals surface area (Å²) < 4.78 is 7.44. The van der Waals surface area contributed by atoms with Crippen molar-refractivity contribution in [2.24, 2.45) is 0 Å². The van der Waals surface area contributed by atoms with E-state index in [1.54, 1.807) is 12.0 Å². The molecule has 0 saturated heterocycles. The minimum absolute atomic E-state index is 0.111. The minimum atomic E-state index is -1.04. The number of para-hydroxylation sites is 2. The molecular formula is C30H31N3O3. The maximum absolute atomic E-state index is 13.8. The molecule has 1 atom stereocenters. The van der Waals surface area contributed by atoms with Gasteiger partial charge in [0.2, 0.25) is 5.91 Å². The summed E-state index contributed by atoms with van der Waals surface area (Å²) in [6.45, 7) is 3.09. The largest absolute Gasteiger partial charge is 0.496 e. The van der Waals surface area contributed by atoms with Gasteiger partial charge in [-0.15, -0.1) is 0 Å². The van der Waals surface area contributed by atoms with Gasteiger partial charge >= 0.3 is 0 Å². The topological polar surface area (TPSA) is 63.6 Å². The van der Waals surface area contributed by atoms with Gasteiger partial charge in [0.25, 0.3) is 5.91 Å². The number of hydrogen-bond acceptors (Lipinski definition) is 3. The summed E-state index contributed by atoms with van der Waals surface area (Å²) in [5, 5.41) is 4.09. The Morgan fingerprint density at radius 2 is 1.72 bits per heavy atom. The van der Waals surface area contributed by atoms with Gasteiger partial charge in [-0.05, 0) is 43.5 Å². The molecule has 4 aromatic rings. The Morgan fingerprint density at radius 1 is 1.00 bits per heavy atom. The van der Waals surface area contributed by atoms with Crippen molar-refractivity contribution in [3.63, 3.8) is 0 Å². The number of amides is 2. The van der Waals surface area contributed by atoms with Crippen LogP contribution in [-0.2, 0) is 24.3 Å². The third kappa shape index (κ3) is 4.35. The van der Waals surface area contributed by atoms with Gasteiger partial charge in [-0.2, -0.15) is 0 Å². The lowest BCUT2D eigenvalue weighted by Crippen LogP contribution is -2.64. The zero-order valence-corrected chi connectivity index (χ0v) is 20.7. The molecule has 0 saturated carbocycles. The monoisotopic (exact) mass is 481 g/mol. The Labute approximate surface area is 211 Å². The van der Waals surface area contributed by atoms with Gasteiger partial charge in [0.15, 0.2) is 0 Å². The van der Waals surface area contributed by atoms with Crippen LogP contribution in [0.3, 0.4) is 0 Å². The normalized spacial score (nSPS) is 17.2. The van der Waals surface area contributed by atoms with Crippen molar-refractivity contribution in [1.82, 2.24) is 14.8 Å². The average Bonchev–Trinajstić information content (AvgIpc) is 3.28. The van der Waals surface area contributed by atoms with E-state index < -0.39 is 5.54 Å². The maximum Gasteiger partial charge on any atom is 0.271 e. The first-order valence-electron chi connectivity index (χ1n) is 12.4. The fourth-order valence-corrected chi connectivity index (χ4v) is 5.16. The minimum Gasteiger partial charge on any atom is -0.496 e. The number of carbonyl (C=O) groups is 2. The van der Waals surface area contributed by atoms with Crippen LogP contribution in [0.1, 0.15) is 35.0 Å². The zero-order chi connectivity index (χ0) is 25.1. The van der Waals surface area contributed by atoms with Gasteiger partial charge < -0.3 is 19.5 Å². The number of nitrogens with zero attached hydrogens (tertiary/aromatic N) is 2. The fourth-order valence-electron chi connectivity index (χ4n) is 5.16. The maximum atomic E-state index is 13.8. The Morgan fingerprint density at radius 3 is 2.53 bits per heavy atom. The van der Waals surface area contributed by atoms with Crippen molar-refractivity contribution in [3.05, 3.63) is 102 Å². The highest BCUT2D eigenvalue weighted by Gasteiger charge is 2.47. The summed E-state index contributed by atoms with van der Waals surface area (Å²) in [5.74, 6) is 0.437. The van der Waals surface area contributed by atoms with E-state index in [0.717, 1.165) is 35.1 Å². The van der Waals surface area contributed by atoms with E-state index in [9.17, 15) is 9.59 Å². The van der Waals surface area contributed by atoms with Crippen LogP contribution in [0.5, 0.6) is 5.75 Å². The molecule has 36 heavy (non-hydrogen) atoms. The summed E-state index contributed by atoms with van der Waals surface area (Å²) in [4.78, 5) is 29.4. The van der Waals surface area contributed by atoms with Gasteiger partial charge in [0.1, 0.15) is 17.0 Å². The van der Waals surface area contributed by atoms with E-state index in [0.29, 0.717) is 25.3 Å². The molecule has 5 rings (SSSR count). The summed E-state index contributed by atoms with van der Waals surface area (Å²) in [6, 6.07) is 27.7. The van der Waals surface area contributed by atoms with Gasteiger partial charge in [-0.3, -0.25) is 9.59 Å². The second-order valence-corrected chi connectivity index (χ2v) is 9.49. The fraction of sp³-hybridized carbons (Fsp3) is 0.267. The molecule has 0 bridgehead atoms. The standard InChI is InChI=1S/C30H31N3O3/c1-30(29(35)31-20-24-15-7-9-17-27(24)36-2)21-32-25-16-8-6-14-23(25)19-26(32)28(34)33(30)18-10-13-22-11-4-3-5-12-22/h3-9,11-12,14-17,19H,10,13,18,20-21H2,1-2H3,(H,31,35). The van der Waals surface area contributed by atoms with E-state index in [1.807, 2.05) is 84.3 Å². The van der Waals surface area contributed by atoms with Gasteiger partial charge in [-0.1, -0.05) is 66.7 Å². The van der Waals surface area contributed by atoms with Crippen LogP contribution in [0.25, 0.3) is 10.9 Å². The molecule has 2 amide bonds. The van der Waals surface area contributed by atoms with Gasteiger partial charge in [0, 0.05) is 29.6 Å². The van der Waals surface area contributed by atoms with Crippen LogP contribution in [-0.4, -0.2) is 40.5 Å². The van der Waals surface area contributed by atoms with Crippen molar-refractivity contribution in [2.75, 3.05) is 13.7 Å². The van der Waals surface area contributed by atoms with Crippen LogP contribution in [0.2, 0.25) is 0 Å². The van der Waals surface area contributed by atoms with Crippen LogP contribution in [0.15, 0.2) is 84.9 Å². The molecule has 0 spiro atoms. The van der Waals surface area contributed by atoms with Gasteiger partial charge in [0.05, 0.1) is 13.7 Å². The third-order valence-electron chi connectivity index (χ3n) is 7.15. The van der Waals surface area contributed by atoms with Crippen molar-refractivity contribution >= 4 is 22.7 Å². The lowest BCUT2D eigenvalue weighted by Gasteiger charge is -2.44. The third-order valence-corrected chi connectivity index (χ3v) is 7.15. The molecule has 2 heterocycles. The number of hydrogen-bond donors (Lipinski definition) is 1. The number of methoxy groups -OCH3 is 1. The lowest BCUT2D eigenvalue weighted by molar-refractivity contribution is -0.133. The molecule has 1 aliphatic rings. The second kappa shape index (κ2) is 9.90. The molecular weight excluding hydrogens is 450 g/mol. The highest BCUT2D eigenvalue weighted by Crippen LogP contribution is 2.33. The molecule has 184 valence electrons. The highest BCUT2D eigenvalue weighted by molar-refractivity contribution is 6.03. The Balaban J connectivity index is 1.43. The number of aryl methyl sites for hydroxylation is 1. The van der Waals surface area contributed by atoms with E-state index in [-0.39, 0.29) is 11.8 Å². The Kier molecular flexibility index (Phi) is 6.51. The first-order chi connectivity index (χ1) is 17.5. The Hall–Kier alpha value is -4.06. The molecule has 1 aromatic heterocycles. The molecule has 1 unspecified atom stereocenters. The van der Waals surface area contributed by atoms with Crippen LogP contribution in [0, 0.1) is 0 Å². The average molecular weight is 482 g/mol.